The van der Waals surface area contributed by atoms with E-state index in [-0.39, 0.29) is 50.8 Å². The number of alkyl halides is 3. The van der Waals surface area contributed by atoms with Crippen molar-refractivity contribution in [3.05, 3.63) is 99.0 Å². The summed E-state index contributed by atoms with van der Waals surface area (Å²) < 4.78 is 69.8. The van der Waals surface area contributed by atoms with E-state index >= 15 is 0 Å². The Morgan fingerprint density at radius 3 is 2.45 bits per heavy atom. The monoisotopic (exact) mass is 632 g/mol. The fourth-order valence-corrected chi connectivity index (χ4v) is 5.59. The maximum atomic E-state index is 14.3. The molecule has 1 saturated heterocycles. The van der Waals surface area contributed by atoms with Crippen LogP contribution in [0.4, 0.5) is 27.6 Å². The summed E-state index contributed by atoms with van der Waals surface area (Å²) in [5.41, 5.74) is -1.87. The molecular formula is C29H22ClF5N6O3. The van der Waals surface area contributed by atoms with Crippen LogP contribution in [0, 0.1) is 11.6 Å². The quantitative estimate of drug-likeness (QED) is 0.316. The third-order valence-corrected chi connectivity index (χ3v) is 7.93. The molecule has 44 heavy (non-hydrogen) atoms. The van der Waals surface area contributed by atoms with Gasteiger partial charge >= 0.3 is 6.18 Å². The van der Waals surface area contributed by atoms with E-state index < -0.39 is 46.8 Å². The van der Waals surface area contributed by atoms with Crippen LogP contribution < -0.4 is 10.6 Å². The Kier molecular flexibility index (Phi) is 7.28. The number of anilines is 1. The average molecular weight is 633 g/mol. The highest BCUT2D eigenvalue weighted by molar-refractivity contribution is 6.31. The molecule has 1 atom stereocenters. The summed E-state index contributed by atoms with van der Waals surface area (Å²) in [6.07, 6.45) is -3.55. The van der Waals surface area contributed by atoms with Crippen molar-refractivity contribution in [1.29, 1.82) is 0 Å². The van der Waals surface area contributed by atoms with E-state index in [1.165, 1.54) is 22.7 Å². The summed E-state index contributed by atoms with van der Waals surface area (Å²) in [4.78, 5) is 48.0. The number of hydrogen-bond acceptors (Lipinski definition) is 5. The molecule has 1 fully saturated rings. The van der Waals surface area contributed by atoms with Gasteiger partial charge in [0.25, 0.3) is 17.7 Å². The SMILES string of the molecule is CN1CCN(C(=O)c2cn3c4c(c(NC(=O)c5cc(F)cc(C(F)(F)F)c5)cc3n2)C(c2cc(F)ccc2Cl)NC4=O)CC1. The van der Waals surface area contributed by atoms with Gasteiger partial charge in [0, 0.05) is 60.2 Å². The van der Waals surface area contributed by atoms with Crippen LogP contribution in [0.1, 0.15) is 54.1 Å². The van der Waals surface area contributed by atoms with Crippen LogP contribution in [0.5, 0.6) is 0 Å². The summed E-state index contributed by atoms with van der Waals surface area (Å²) >= 11 is 6.36. The topological polar surface area (TPSA) is 99.1 Å². The first kappa shape index (κ1) is 29.5. The van der Waals surface area contributed by atoms with Gasteiger partial charge in [-0.2, -0.15) is 13.2 Å². The Labute approximate surface area is 251 Å². The molecule has 2 aliphatic heterocycles. The van der Waals surface area contributed by atoms with Crippen molar-refractivity contribution in [2.75, 3.05) is 38.5 Å². The molecule has 1 unspecified atom stereocenters. The first-order valence-corrected chi connectivity index (χ1v) is 13.7. The van der Waals surface area contributed by atoms with Crippen molar-refractivity contribution < 1.29 is 36.3 Å². The van der Waals surface area contributed by atoms with E-state index in [1.807, 2.05) is 7.05 Å². The minimum Gasteiger partial charge on any atom is -0.340 e. The van der Waals surface area contributed by atoms with Crippen LogP contribution in [0.3, 0.4) is 0 Å². The van der Waals surface area contributed by atoms with Gasteiger partial charge in [-0.05, 0) is 43.4 Å². The van der Waals surface area contributed by atoms with Crippen molar-refractivity contribution in [3.63, 3.8) is 0 Å². The van der Waals surface area contributed by atoms with E-state index in [9.17, 15) is 36.3 Å². The lowest BCUT2D eigenvalue weighted by Gasteiger charge is -2.31. The number of carbonyl (C=O) groups excluding carboxylic acids is 3. The highest BCUT2D eigenvalue weighted by Crippen LogP contribution is 2.40. The second-order valence-corrected chi connectivity index (χ2v) is 10.9. The fraction of sp³-hybridized carbons (Fsp3) is 0.241. The van der Waals surface area contributed by atoms with Gasteiger partial charge < -0.3 is 20.4 Å². The zero-order valence-electron chi connectivity index (χ0n) is 22.8. The van der Waals surface area contributed by atoms with E-state index in [0.29, 0.717) is 38.3 Å². The Bertz CT molecular complexity index is 1850. The average Bonchev–Trinajstić information content (AvgIpc) is 3.54. The first-order valence-electron chi connectivity index (χ1n) is 13.3. The summed E-state index contributed by atoms with van der Waals surface area (Å²) in [7, 11) is 1.93. The molecule has 3 amide bonds. The summed E-state index contributed by atoms with van der Waals surface area (Å²) in [6.45, 7) is 2.21. The van der Waals surface area contributed by atoms with Crippen LogP contribution in [0.2, 0.25) is 5.02 Å². The molecule has 2 aliphatic rings. The van der Waals surface area contributed by atoms with E-state index in [2.05, 4.69) is 20.5 Å². The number of fused-ring (bicyclic) bond motifs is 3. The number of hydrogen-bond donors (Lipinski definition) is 2. The number of nitrogens with zero attached hydrogens (tertiary/aromatic N) is 4. The number of imidazole rings is 1. The van der Waals surface area contributed by atoms with Crippen LogP contribution in [-0.4, -0.2) is 70.1 Å². The Balaban J connectivity index is 1.48. The molecule has 2 aromatic carbocycles. The van der Waals surface area contributed by atoms with Gasteiger partial charge in [-0.3, -0.25) is 18.8 Å². The molecule has 2 aromatic heterocycles. The third-order valence-electron chi connectivity index (χ3n) is 7.59. The third kappa shape index (κ3) is 5.35. The van der Waals surface area contributed by atoms with Gasteiger partial charge in [0.05, 0.1) is 17.3 Å². The van der Waals surface area contributed by atoms with Crippen molar-refractivity contribution in [2.45, 2.75) is 12.2 Å². The van der Waals surface area contributed by atoms with Crippen LogP contribution in [-0.2, 0) is 6.18 Å². The minimum atomic E-state index is -4.92. The lowest BCUT2D eigenvalue weighted by molar-refractivity contribution is -0.137. The molecule has 2 N–H and O–H groups in total. The zero-order valence-corrected chi connectivity index (χ0v) is 23.6. The number of piperazine rings is 1. The number of aromatic nitrogens is 2. The summed E-state index contributed by atoms with van der Waals surface area (Å²) in [5.74, 6) is -4.13. The van der Waals surface area contributed by atoms with Crippen LogP contribution >= 0.6 is 11.6 Å². The minimum absolute atomic E-state index is 0.0141. The second kappa shape index (κ2) is 10.9. The molecule has 4 aromatic rings. The summed E-state index contributed by atoms with van der Waals surface area (Å²) in [5, 5.41) is 5.24. The van der Waals surface area contributed by atoms with Crippen LogP contribution in [0.15, 0.2) is 48.7 Å². The van der Waals surface area contributed by atoms with Crippen molar-refractivity contribution >= 4 is 40.7 Å². The lowest BCUT2D eigenvalue weighted by atomic mass is 9.98. The second-order valence-electron chi connectivity index (χ2n) is 10.5. The Morgan fingerprint density at radius 2 is 1.75 bits per heavy atom. The molecule has 9 nitrogen and oxygen atoms in total. The molecule has 0 aliphatic carbocycles. The Hall–Kier alpha value is -4.56. The molecule has 0 bridgehead atoms. The fourth-order valence-electron chi connectivity index (χ4n) is 5.36. The van der Waals surface area contributed by atoms with Gasteiger partial charge in [0.1, 0.15) is 28.7 Å². The standard InChI is InChI=1S/C29H22ClF5N6O3/c1-39-4-6-40(7-5-39)28(44)21-13-41-22(36-21)12-20(37-26(42)14-8-15(29(33,34)35)10-17(32)9-14)23-24(38-27(43)25(23)41)18-11-16(31)2-3-19(18)30/h2-3,8-13,24H,4-7H2,1H3,(H,37,42)(H,38,43). The number of benzene rings is 2. The largest absolute Gasteiger partial charge is 0.416 e. The van der Waals surface area contributed by atoms with Gasteiger partial charge in [0.15, 0.2) is 0 Å². The molecule has 0 spiro atoms. The number of amides is 3. The predicted molar refractivity (Wildman–Crippen MR) is 149 cm³/mol. The van der Waals surface area contributed by atoms with Crippen molar-refractivity contribution in [2.24, 2.45) is 0 Å². The number of nitrogens with one attached hydrogen (secondary N) is 2. The lowest BCUT2D eigenvalue weighted by Crippen LogP contribution is -2.47. The first-order chi connectivity index (χ1) is 20.8. The van der Waals surface area contributed by atoms with Crippen molar-refractivity contribution in [1.82, 2.24) is 24.5 Å². The molecule has 0 saturated carbocycles. The van der Waals surface area contributed by atoms with Gasteiger partial charge in [-0.25, -0.2) is 13.8 Å². The van der Waals surface area contributed by atoms with E-state index in [4.69, 9.17) is 11.6 Å². The normalized spacial score (nSPS) is 17.1. The van der Waals surface area contributed by atoms with Gasteiger partial charge in [0.2, 0.25) is 0 Å². The highest BCUT2D eigenvalue weighted by atomic mass is 35.5. The van der Waals surface area contributed by atoms with Gasteiger partial charge in [-0.1, -0.05) is 11.6 Å². The molecule has 15 heteroatoms. The Morgan fingerprint density at radius 1 is 1.02 bits per heavy atom. The number of pyridine rings is 1. The summed E-state index contributed by atoms with van der Waals surface area (Å²) in [6, 6.07) is 5.08. The smallest absolute Gasteiger partial charge is 0.340 e. The number of rotatable bonds is 4. The number of halogens is 6. The maximum Gasteiger partial charge on any atom is 0.416 e. The van der Waals surface area contributed by atoms with Crippen LogP contribution in [0.25, 0.3) is 5.65 Å². The van der Waals surface area contributed by atoms with Gasteiger partial charge in [-0.15, -0.1) is 0 Å². The van der Waals surface area contributed by atoms with Crippen molar-refractivity contribution in [3.8, 4) is 0 Å². The maximum absolute atomic E-state index is 14.3. The number of carbonyl (C=O) groups is 3. The molecular weight excluding hydrogens is 611 g/mol. The number of likely N-dealkylation sites (N-methyl/N-ethyl adjacent to an activating group) is 1. The zero-order chi connectivity index (χ0) is 31.5. The molecule has 6 rings (SSSR count). The highest BCUT2D eigenvalue weighted by Gasteiger charge is 2.38. The van der Waals surface area contributed by atoms with E-state index in [0.717, 1.165) is 12.1 Å². The predicted octanol–water partition coefficient (Wildman–Crippen LogP) is 4.76. The molecule has 0 radical (unpaired) electrons. The molecule has 4 heterocycles. The molecule has 228 valence electrons. The van der Waals surface area contributed by atoms with E-state index in [1.54, 1.807) is 4.90 Å².